The van der Waals surface area contributed by atoms with Crippen molar-refractivity contribution in [1.82, 2.24) is 0 Å². The van der Waals surface area contributed by atoms with Crippen LogP contribution in [0.25, 0.3) is 11.0 Å². The molecule has 2 rings (SSSR count). The van der Waals surface area contributed by atoms with Gasteiger partial charge < -0.3 is 4.42 Å². The third-order valence-electron chi connectivity index (χ3n) is 3.12. The smallest absolute Gasteiger partial charge is 0.195 e. The number of fused-ring (bicyclic) bond motifs is 1. The molecular weight excluding hydrogens is 212 g/mol. The fraction of sp³-hybridized carbons (Fsp3) is 0.400. The Bertz CT molecular complexity index is 583. The molecule has 1 aromatic carbocycles. The number of rotatable bonds is 1. The van der Waals surface area contributed by atoms with Gasteiger partial charge in [0.1, 0.15) is 5.58 Å². The molecule has 0 aliphatic rings. The van der Waals surface area contributed by atoms with Crippen LogP contribution in [0.3, 0.4) is 0 Å². The van der Waals surface area contributed by atoms with E-state index >= 15 is 0 Å². The molecule has 0 aliphatic carbocycles. The number of hydrogen-bond acceptors (Lipinski definition) is 2. The van der Waals surface area contributed by atoms with Crippen molar-refractivity contribution < 1.29 is 9.21 Å². The lowest BCUT2D eigenvalue weighted by Crippen LogP contribution is -2.10. The van der Waals surface area contributed by atoms with E-state index in [9.17, 15) is 4.79 Å². The summed E-state index contributed by atoms with van der Waals surface area (Å²) in [7, 11) is 0. The molecule has 0 fully saturated rings. The minimum absolute atomic E-state index is 0.0176. The average molecular weight is 230 g/mol. The molecular formula is C15H18O2. The second-order valence-electron chi connectivity index (χ2n) is 5.57. The summed E-state index contributed by atoms with van der Waals surface area (Å²) in [6, 6.07) is 6.14. The van der Waals surface area contributed by atoms with Crippen LogP contribution >= 0.6 is 0 Å². The van der Waals surface area contributed by atoms with Crippen molar-refractivity contribution in [3.05, 3.63) is 35.1 Å². The van der Waals surface area contributed by atoms with Crippen molar-refractivity contribution in [2.75, 3.05) is 0 Å². The molecule has 0 radical (unpaired) electrons. The van der Waals surface area contributed by atoms with E-state index < -0.39 is 0 Å². The summed E-state index contributed by atoms with van der Waals surface area (Å²) in [5.74, 6) is 0.460. The van der Waals surface area contributed by atoms with Crippen LogP contribution < -0.4 is 0 Å². The van der Waals surface area contributed by atoms with Crippen molar-refractivity contribution in [3.63, 3.8) is 0 Å². The van der Waals surface area contributed by atoms with E-state index in [4.69, 9.17) is 4.42 Å². The summed E-state index contributed by atoms with van der Waals surface area (Å²) in [6.07, 6.45) is 0. The molecule has 0 aliphatic heterocycles. The Balaban J connectivity index is 2.70. The van der Waals surface area contributed by atoms with Gasteiger partial charge in [0.25, 0.3) is 0 Å². The Morgan fingerprint density at radius 2 is 1.88 bits per heavy atom. The normalized spacial score (nSPS) is 12.1. The van der Waals surface area contributed by atoms with Crippen LogP contribution in [0, 0.1) is 6.92 Å². The van der Waals surface area contributed by atoms with Crippen LogP contribution in [0.2, 0.25) is 0 Å². The van der Waals surface area contributed by atoms with Gasteiger partial charge in [0.05, 0.1) is 0 Å². The molecule has 2 nitrogen and oxygen atoms in total. The largest absolute Gasteiger partial charge is 0.453 e. The summed E-state index contributed by atoms with van der Waals surface area (Å²) in [4.78, 5) is 11.4. The van der Waals surface area contributed by atoms with Crippen molar-refractivity contribution in [2.45, 2.75) is 40.0 Å². The molecule has 0 atom stereocenters. The summed E-state index contributed by atoms with van der Waals surface area (Å²) in [5.41, 5.74) is 3.09. The second kappa shape index (κ2) is 3.73. The topological polar surface area (TPSA) is 30.2 Å². The predicted octanol–water partition coefficient (Wildman–Crippen LogP) is 4.24. The quantitative estimate of drug-likeness (QED) is 0.686. The van der Waals surface area contributed by atoms with E-state index in [-0.39, 0.29) is 11.2 Å². The van der Waals surface area contributed by atoms with Crippen molar-refractivity contribution in [2.24, 2.45) is 0 Å². The molecule has 17 heavy (non-hydrogen) atoms. The van der Waals surface area contributed by atoms with Gasteiger partial charge in [-0.15, -0.1) is 0 Å². The first-order valence-corrected chi connectivity index (χ1v) is 5.85. The molecule has 0 unspecified atom stereocenters. The minimum atomic E-state index is -0.0176. The van der Waals surface area contributed by atoms with Crippen molar-refractivity contribution in [1.29, 1.82) is 0 Å². The lowest BCUT2D eigenvalue weighted by atomic mass is 9.86. The first-order valence-electron chi connectivity index (χ1n) is 5.85. The molecule has 1 heterocycles. The van der Waals surface area contributed by atoms with Gasteiger partial charge >= 0.3 is 0 Å². The Labute approximate surface area is 102 Å². The first kappa shape index (κ1) is 11.9. The molecule has 90 valence electrons. The van der Waals surface area contributed by atoms with Crippen LogP contribution in [0.15, 0.2) is 22.6 Å². The summed E-state index contributed by atoms with van der Waals surface area (Å²) in [6.45, 7) is 10.0. The van der Waals surface area contributed by atoms with Crippen LogP contribution in [0.4, 0.5) is 0 Å². The van der Waals surface area contributed by atoms with Gasteiger partial charge in [-0.2, -0.15) is 0 Å². The molecule has 0 bridgehead atoms. The Kier molecular flexibility index (Phi) is 2.61. The minimum Gasteiger partial charge on any atom is -0.453 e. The number of benzene rings is 1. The maximum absolute atomic E-state index is 11.4. The number of Topliss-reactive ketones (excluding diaryl/α,β-unsaturated/α-hetero) is 1. The van der Waals surface area contributed by atoms with Gasteiger partial charge in [-0.3, -0.25) is 4.79 Å². The predicted molar refractivity (Wildman–Crippen MR) is 69.7 cm³/mol. The number of furan rings is 1. The molecule has 0 N–H and O–H groups in total. The zero-order chi connectivity index (χ0) is 12.8. The van der Waals surface area contributed by atoms with Gasteiger partial charge in [-0.05, 0) is 30.0 Å². The molecule has 2 heteroatoms. The third-order valence-corrected chi connectivity index (χ3v) is 3.12. The Morgan fingerprint density at radius 1 is 1.24 bits per heavy atom. The van der Waals surface area contributed by atoms with Crippen LogP contribution in [-0.2, 0) is 5.41 Å². The fourth-order valence-corrected chi connectivity index (χ4v) is 2.02. The number of hydrogen-bond donors (Lipinski definition) is 0. The van der Waals surface area contributed by atoms with Gasteiger partial charge in [0, 0.05) is 17.9 Å². The Hall–Kier alpha value is -1.57. The van der Waals surface area contributed by atoms with E-state index in [2.05, 4.69) is 32.9 Å². The fourth-order valence-electron chi connectivity index (χ4n) is 2.02. The zero-order valence-electron chi connectivity index (χ0n) is 11.0. The third kappa shape index (κ3) is 1.99. The van der Waals surface area contributed by atoms with E-state index in [0.717, 1.165) is 16.5 Å². The standard InChI is InChI=1S/C15H18O2/c1-9-12-8-11(15(3,4)5)6-7-13(12)17-14(9)10(2)16/h6-8H,1-5H3. The highest BCUT2D eigenvalue weighted by Gasteiger charge is 2.18. The van der Waals surface area contributed by atoms with Crippen LogP contribution in [-0.4, -0.2) is 5.78 Å². The highest BCUT2D eigenvalue weighted by Crippen LogP contribution is 2.30. The monoisotopic (exact) mass is 230 g/mol. The van der Waals surface area contributed by atoms with Crippen LogP contribution in [0.1, 0.15) is 49.4 Å². The SMILES string of the molecule is CC(=O)c1oc2ccc(C(C)(C)C)cc2c1C. The lowest BCUT2D eigenvalue weighted by molar-refractivity contribution is 0.0988. The lowest BCUT2D eigenvalue weighted by Gasteiger charge is -2.18. The number of carbonyl (C=O) groups excluding carboxylic acids is 1. The Morgan fingerprint density at radius 3 is 2.41 bits per heavy atom. The number of carbonyl (C=O) groups is 1. The van der Waals surface area contributed by atoms with Gasteiger partial charge in [-0.25, -0.2) is 0 Å². The summed E-state index contributed by atoms with van der Waals surface area (Å²) >= 11 is 0. The van der Waals surface area contributed by atoms with Crippen molar-refractivity contribution >= 4 is 16.8 Å². The molecule has 0 amide bonds. The van der Waals surface area contributed by atoms with Gasteiger partial charge in [-0.1, -0.05) is 26.8 Å². The number of aryl methyl sites for hydroxylation is 1. The molecule has 0 saturated carbocycles. The number of ketones is 1. The molecule has 2 aromatic rings. The highest BCUT2D eigenvalue weighted by atomic mass is 16.3. The molecule has 1 aromatic heterocycles. The first-order chi connectivity index (χ1) is 7.80. The van der Waals surface area contributed by atoms with E-state index in [1.54, 1.807) is 0 Å². The van der Waals surface area contributed by atoms with E-state index in [0.29, 0.717) is 5.76 Å². The molecule has 0 spiro atoms. The maximum atomic E-state index is 11.4. The second-order valence-corrected chi connectivity index (χ2v) is 5.57. The van der Waals surface area contributed by atoms with Crippen LogP contribution in [0.5, 0.6) is 0 Å². The highest BCUT2D eigenvalue weighted by molar-refractivity contribution is 5.98. The summed E-state index contributed by atoms with van der Waals surface area (Å²) < 4.78 is 5.58. The van der Waals surface area contributed by atoms with Gasteiger partial charge in [0.15, 0.2) is 11.5 Å². The maximum Gasteiger partial charge on any atom is 0.195 e. The average Bonchev–Trinajstić information content (AvgIpc) is 2.54. The molecule has 0 saturated heterocycles. The van der Waals surface area contributed by atoms with E-state index in [1.165, 1.54) is 12.5 Å². The van der Waals surface area contributed by atoms with Gasteiger partial charge in [0.2, 0.25) is 0 Å². The summed E-state index contributed by atoms with van der Waals surface area (Å²) in [5, 5.41) is 1.04. The zero-order valence-corrected chi connectivity index (χ0v) is 11.0. The van der Waals surface area contributed by atoms with Crippen molar-refractivity contribution in [3.8, 4) is 0 Å². The van der Waals surface area contributed by atoms with E-state index in [1.807, 2.05) is 13.0 Å².